The van der Waals surface area contributed by atoms with E-state index in [0.29, 0.717) is 11.6 Å². The number of anilines is 1. The Hall–Kier alpha value is -2.58. The molecular weight excluding hydrogens is 430 g/mol. The predicted octanol–water partition coefficient (Wildman–Crippen LogP) is 4.11. The van der Waals surface area contributed by atoms with E-state index in [1.165, 1.54) is 11.8 Å². The predicted molar refractivity (Wildman–Crippen MR) is 108 cm³/mol. The fraction of sp³-hybridized carbons (Fsp3) is 0.105. The van der Waals surface area contributed by atoms with Crippen molar-refractivity contribution >= 4 is 45.4 Å². The van der Waals surface area contributed by atoms with Crippen molar-refractivity contribution in [2.24, 2.45) is 0 Å². The summed E-state index contributed by atoms with van der Waals surface area (Å²) in [6.45, 7) is 0. The molecule has 1 aliphatic rings. The second-order valence-electron chi connectivity index (χ2n) is 5.99. The zero-order valence-electron chi connectivity index (χ0n) is 13.9. The number of carbonyl (C=O) groups excluding carboxylic acids is 1. The lowest BCUT2D eigenvalue weighted by Gasteiger charge is -2.18. The van der Waals surface area contributed by atoms with Crippen LogP contribution in [0.15, 0.2) is 59.3 Å². The van der Waals surface area contributed by atoms with Gasteiger partial charge >= 0.3 is 5.97 Å². The zero-order chi connectivity index (χ0) is 19.0. The molecule has 4 rings (SSSR count). The van der Waals surface area contributed by atoms with Gasteiger partial charge in [0.25, 0.3) is 0 Å². The van der Waals surface area contributed by atoms with Crippen LogP contribution in [-0.4, -0.2) is 32.3 Å². The van der Waals surface area contributed by atoms with Crippen molar-refractivity contribution in [1.82, 2.24) is 9.55 Å². The van der Waals surface area contributed by atoms with Gasteiger partial charge in [0.2, 0.25) is 5.91 Å². The van der Waals surface area contributed by atoms with Gasteiger partial charge in [-0.15, -0.1) is 11.8 Å². The van der Waals surface area contributed by atoms with Crippen LogP contribution in [0.4, 0.5) is 5.82 Å². The van der Waals surface area contributed by atoms with Gasteiger partial charge in [-0.25, -0.2) is 9.78 Å². The number of carbonyl (C=O) groups is 2. The summed E-state index contributed by atoms with van der Waals surface area (Å²) in [5, 5.41) is 11.8. The molecule has 1 aromatic heterocycles. The lowest BCUT2D eigenvalue weighted by atomic mass is 10.1. The Bertz CT molecular complexity index is 1030. The molecular formula is C19H14BrN3O3S. The molecule has 1 atom stereocenters. The quantitative estimate of drug-likeness (QED) is 0.636. The summed E-state index contributed by atoms with van der Waals surface area (Å²) in [7, 11) is 0. The number of thioether (sulfide) groups is 1. The van der Waals surface area contributed by atoms with E-state index in [2.05, 4.69) is 26.2 Å². The van der Waals surface area contributed by atoms with Crippen LogP contribution >= 0.6 is 27.7 Å². The number of imidazole rings is 1. The largest absolute Gasteiger partial charge is 0.478 e. The second kappa shape index (κ2) is 7.21. The smallest absolute Gasteiger partial charge is 0.335 e. The first-order valence-electron chi connectivity index (χ1n) is 8.11. The topological polar surface area (TPSA) is 84.2 Å². The summed E-state index contributed by atoms with van der Waals surface area (Å²) in [4.78, 5) is 27.6. The molecule has 0 saturated carbocycles. The normalized spacial score (nSPS) is 16.3. The Morgan fingerprint density at radius 1 is 1.26 bits per heavy atom. The molecule has 8 heteroatoms. The van der Waals surface area contributed by atoms with Crippen LogP contribution in [0, 0.1) is 0 Å². The Morgan fingerprint density at radius 3 is 2.74 bits per heavy atom. The molecule has 6 nitrogen and oxygen atoms in total. The first-order chi connectivity index (χ1) is 13.0. The lowest BCUT2D eigenvalue weighted by molar-refractivity contribution is -0.113. The van der Waals surface area contributed by atoms with Crippen LogP contribution in [-0.2, 0) is 4.79 Å². The van der Waals surface area contributed by atoms with Crippen molar-refractivity contribution in [3.8, 4) is 5.69 Å². The monoisotopic (exact) mass is 443 g/mol. The number of rotatable bonds is 3. The van der Waals surface area contributed by atoms with Gasteiger partial charge in [0, 0.05) is 10.2 Å². The van der Waals surface area contributed by atoms with Crippen molar-refractivity contribution in [3.05, 3.63) is 76.2 Å². The van der Waals surface area contributed by atoms with E-state index < -0.39 is 5.97 Å². The Kier molecular flexibility index (Phi) is 4.75. The van der Waals surface area contributed by atoms with E-state index >= 15 is 0 Å². The standard InChI is InChI=1S/C19H14BrN3O3S/c20-13-2-1-3-14(8-13)23-10-21-18-16(23)17(27-9-15(24)22-18)11-4-6-12(7-5-11)19(25)26/h1-8,10,17H,9H2,(H,22,24)(H,25,26)/t17-/m1/s1. The van der Waals surface area contributed by atoms with Crippen LogP contribution < -0.4 is 5.32 Å². The summed E-state index contributed by atoms with van der Waals surface area (Å²) in [5.74, 6) is -0.255. The van der Waals surface area contributed by atoms with Gasteiger partial charge in [0.15, 0.2) is 5.82 Å². The van der Waals surface area contributed by atoms with E-state index in [1.54, 1.807) is 30.6 Å². The van der Waals surface area contributed by atoms with Crippen LogP contribution in [0.2, 0.25) is 0 Å². The molecule has 0 spiro atoms. The summed E-state index contributed by atoms with van der Waals surface area (Å²) in [6.07, 6.45) is 1.69. The molecule has 0 unspecified atom stereocenters. The highest BCUT2D eigenvalue weighted by Crippen LogP contribution is 2.42. The first-order valence-corrected chi connectivity index (χ1v) is 9.95. The molecule has 1 amide bonds. The summed E-state index contributed by atoms with van der Waals surface area (Å²) in [5.41, 5.74) is 2.92. The highest BCUT2D eigenvalue weighted by molar-refractivity contribution is 9.10. The molecule has 0 saturated heterocycles. The van der Waals surface area contributed by atoms with Crippen molar-refractivity contribution in [3.63, 3.8) is 0 Å². The fourth-order valence-corrected chi connectivity index (χ4v) is 4.51. The number of nitrogens with zero attached hydrogens (tertiary/aromatic N) is 2. The van der Waals surface area contributed by atoms with E-state index in [4.69, 9.17) is 5.11 Å². The number of fused-ring (bicyclic) bond motifs is 1. The number of halogens is 1. The summed E-state index contributed by atoms with van der Waals surface area (Å²) < 4.78 is 2.89. The van der Waals surface area contributed by atoms with E-state index in [-0.39, 0.29) is 16.7 Å². The number of benzene rings is 2. The molecule has 136 valence electrons. The Balaban J connectivity index is 1.84. The molecule has 3 aromatic rings. The van der Waals surface area contributed by atoms with Crippen LogP contribution in [0.1, 0.15) is 26.9 Å². The van der Waals surface area contributed by atoms with E-state index in [1.807, 2.05) is 28.8 Å². The molecule has 0 bridgehead atoms. The molecule has 2 N–H and O–H groups in total. The molecule has 27 heavy (non-hydrogen) atoms. The Morgan fingerprint density at radius 2 is 2.04 bits per heavy atom. The number of carboxylic acid groups (broad SMARTS) is 1. The molecule has 0 radical (unpaired) electrons. The average molecular weight is 444 g/mol. The third kappa shape index (κ3) is 3.50. The van der Waals surface area contributed by atoms with Crippen LogP contribution in [0.25, 0.3) is 5.69 Å². The van der Waals surface area contributed by atoms with Gasteiger partial charge in [-0.3, -0.25) is 9.36 Å². The number of aromatic carboxylic acids is 1. The van der Waals surface area contributed by atoms with Gasteiger partial charge in [-0.2, -0.15) is 0 Å². The third-order valence-electron chi connectivity index (χ3n) is 4.24. The van der Waals surface area contributed by atoms with Crippen LogP contribution in [0.5, 0.6) is 0 Å². The third-order valence-corrected chi connectivity index (χ3v) is 5.99. The van der Waals surface area contributed by atoms with Crippen LogP contribution in [0.3, 0.4) is 0 Å². The highest BCUT2D eigenvalue weighted by Gasteiger charge is 2.29. The number of amides is 1. The van der Waals surface area contributed by atoms with Gasteiger partial charge in [0.05, 0.1) is 22.3 Å². The van der Waals surface area contributed by atoms with Crippen molar-refractivity contribution < 1.29 is 14.7 Å². The van der Waals surface area contributed by atoms with Crippen molar-refractivity contribution in [2.45, 2.75) is 5.25 Å². The second-order valence-corrected chi connectivity index (χ2v) is 8.00. The average Bonchev–Trinajstić information content (AvgIpc) is 2.98. The maximum absolute atomic E-state index is 12.1. The Labute approximate surface area is 167 Å². The fourth-order valence-electron chi connectivity index (χ4n) is 3.00. The molecule has 2 aromatic carbocycles. The minimum atomic E-state index is -0.966. The van der Waals surface area contributed by atoms with Gasteiger partial charge in [-0.1, -0.05) is 34.1 Å². The minimum absolute atomic E-state index is 0.106. The first kappa shape index (κ1) is 17.8. The summed E-state index contributed by atoms with van der Waals surface area (Å²) in [6, 6.07) is 14.6. The minimum Gasteiger partial charge on any atom is -0.478 e. The number of hydrogen-bond donors (Lipinski definition) is 2. The SMILES string of the molecule is O=C1CS[C@H](c2ccc(C(=O)O)cc2)c2c(ncn2-c2cccc(Br)c2)N1. The van der Waals surface area contributed by atoms with Crippen molar-refractivity contribution in [1.29, 1.82) is 0 Å². The summed E-state index contributed by atoms with van der Waals surface area (Å²) >= 11 is 4.97. The molecule has 0 aliphatic carbocycles. The zero-order valence-corrected chi connectivity index (χ0v) is 16.3. The van der Waals surface area contributed by atoms with Crippen molar-refractivity contribution in [2.75, 3.05) is 11.1 Å². The maximum Gasteiger partial charge on any atom is 0.335 e. The lowest BCUT2D eigenvalue weighted by Crippen LogP contribution is -2.12. The molecule has 0 fully saturated rings. The molecule has 1 aliphatic heterocycles. The molecule has 2 heterocycles. The van der Waals surface area contributed by atoms with Gasteiger partial charge in [-0.05, 0) is 35.9 Å². The van der Waals surface area contributed by atoms with Gasteiger partial charge < -0.3 is 10.4 Å². The number of carboxylic acids is 1. The number of aromatic nitrogens is 2. The van der Waals surface area contributed by atoms with E-state index in [9.17, 15) is 9.59 Å². The highest BCUT2D eigenvalue weighted by atomic mass is 79.9. The maximum atomic E-state index is 12.1. The number of hydrogen-bond acceptors (Lipinski definition) is 4. The van der Waals surface area contributed by atoms with E-state index in [0.717, 1.165) is 21.4 Å². The van der Waals surface area contributed by atoms with Gasteiger partial charge in [0.1, 0.15) is 6.33 Å². The number of nitrogens with one attached hydrogen (secondary N) is 1.